The van der Waals surface area contributed by atoms with E-state index in [0.29, 0.717) is 11.3 Å². The van der Waals surface area contributed by atoms with Crippen LogP contribution >= 0.6 is 11.8 Å². The Bertz CT molecular complexity index is 1170. The van der Waals surface area contributed by atoms with Crippen molar-refractivity contribution in [2.45, 2.75) is 17.4 Å². The van der Waals surface area contributed by atoms with E-state index in [1.807, 2.05) is 66.4 Å². The maximum Gasteiger partial charge on any atom is 0.255 e. The number of fused-ring (bicyclic) bond motifs is 1. The molecule has 0 saturated heterocycles. The minimum absolute atomic E-state index is 0.00299. The molecule has 4 aromatic rings. The number of thioether (sulfide) groups is 1. The molecule has 1 aliphatic rings. The number of benzene rings is 2. The Labute approximate surface area is 179 Å². The molecule has 0 saturated carbocycles. The molecule has 1 N–H and O–H groups in total. The summed E-state index contributed by atoms with van der Waals surface area (Å²) in [5.41, 5.74) is 4.07. The topological polar surface area (TPSA) is 59.8 Å². The zero-order chi connectivity index (χ0) is 20.3. The smallest absolute Gasteiger partial charge is 0.255 e. The van der Waals surface area contributed by atoms with Crippen LogP contribution in [-0.2, 0) is 0 Å². The Morgan fingerprint density at radius 2 is 1.87 bits per heavy atom. The minimum Gasteiger partial charge on any atom is -0.345 e. The van der Waals surface area contributed by atoms with E-state index in [2.05, 4.69) is 22.4 Å². The van der Waals surface area contributed by atoms with E-state index in [1.54, 1.807) is 23.3 Å². The predicted molar refractivity (Wildman–Crippen MR) is 119 cm³/mol. The van der Waals surface area contributed by atoms with E-state index in [1.165, 1.54) is 10.5 Å². The quantitative estimate of drug-likeness (QED) is 0.518. The van der Waals surface area contributed by atoms with Crippen molar-refractivity contribution >= 4 is 17.7 Å². The Hall–Kier alpha value is -3.38. The van der Waals surface area contributed by atoms with Crippen LogP contribution < -0.4 is 5.32 Å². The number of amides is 1. The predicted octanol–water partition coefficient (Wildman–Crippen LogP) is 4.90. The standard InChI is InChI=1S/C24H20N4OS/c29-24(26-21-12-14-30-22-11-5-4-10-19(21)22)20-16-28(18-8-2-1-3-9-18)27-23(20)17-7-6-13-25-15-17/h1-11,13,15-16,21H,12,14H2,(H,26,29). The van der Waals surface area contributed by atoms with E-state index >= 15 is 0 Å². The molecule has 3 heterocycles. The molecule has 1 unspecified atom stereocenters. The van der Waals surface area contributed by atoms with Crippen LogP contribution in [-0.4, -0.2) is 26.4 Å². The van der Waals surface area contributed by atoms with Gasteiger partial charge in [0.2, 0.25) is 0 Å². The van der Waals surface area contributed by atoms with Gasteiger partial charge in [-0.1, -0.05) is 36.4 Å². The summed E-state index contributed by atoms with van der Waals surface area (Å²) in [6.07, 6.45) is 6.16. The van der Waals surface area contributed by atoms with Gasteiger partial charge in [0.1, 0.15) is 5.69 Å². The minimum atomic E-state index is -0.122. The summed E-state index contributed by atoms with van der Waals surface area (Å²) in [6, 6.07) is 21.9. The normalized spacial score (nSPS) is 15.4. The van der Waals surface area contributed by atoms with Gasteiger partial charge in [0.05, 0.1) is 17.3 Å². The van der Waals surface area contributed by atoms with Gasteiger partial charge in [0, 0.05) is 34.8 Å². The van der Waals surface area contributed by atoms with Gasteiger partial charge in [-0.15, -0.1) is 11.8 Å². The number of rotatable bonds is 4. The lowest BCUT2D eigenvalue weighted by Gasteiger charge is -2.25. The molecule has 6 heteroatoms. The number of carbonyl (C=O) groups excluding carboxylic acids is 1. The van der Waals surface area contributed by atoms with Crippen LogP contribution in [0, 0.1) is 0 Å². The second-order valence-corrected chi connectivity index (χ2v) is 8.25. The van der Waals surface area contributed by atoms with Crippen LogP contribution in [0.4, 0.5) is 0 Å². The van der Waals surface area contributed by atoms with Crippen molar-refractivity contribution in [3.8, 4) is 16.9 Å². The maximum absolute atomic E-state index is 13.4. The monoisotopic (exact) mass is 412 g/mol. The number of para-hydroxylation sites is 1. The van der Waals surface area contributed by atoms with Crippen molar-refractivity contribution in [2.75, 3.05) is 5.75 Å². The van der Waals surface area contributed by atoms with E-state index in [0.717, 1.165) is 23.4 Å². The molecule has 2 aromatic heterocycles. The zero-order valence-electron chi connectivity index (χ0n) is 16.2. The van der Waals surface area contributed by atoms with Crippen LogP contribution in [0.5, 0.6) is 0 Å². The second-order valence-electron chi connectivity index (χ2n) is 7.11. The molecule has 5 nitrogen and oxygen atoms in total. The summed E-state index contributed by atoms with van der Waals surface area (Å²) >= 11 is 1.84. The van der Waals surface area contributed by atoms with Crippen molar-refractivity contribution in [1.29, 1.82) is 0 Å². The summed E-state index contributed by atoms with van der Waals surface area (Å²) < 4.78 is 1.75. The number of aromatic nitrogens is 3. The first-order chi connectivity index (χ1) is 14.8. The third kappa shape index (κ3) is 3.62. The maximum atomic E-state index is 13.4. The Morgan fingerprint density at radius 3 is 2.70 bits per heavy atom. The molecule has 0 spiro atoms. The molecule has 0 aliphatic carbocycles. The van der Waals surface area contributed by atoms with Gasteiger partial charge in [0.25, 0.3) is 5.91 Å². The third-order valence-corrected chi connectivity index (χ3v) is 6.30. The van der Waals surface area contributed by atoms with Gasteiger partial charge in [0.15, 0.2) is 0 Å². The highest BCUT2D eigenvalue weighted by Gasteiger charge is 2.25. The fraction of sp³-hybridized carbons (Fsp3) is 0.125. The number of nitrogens with zero attached hydrogens (tertiary/aromatic N) is 3. The molecular weight excluding hydrogens is 392 g/mol. The molecule has 1 aliphatic heterocycles. The highest BCUT2D eigenvalue weighted by Crippen LogP contribution is 2.36. The first-order valence-corrected chi connectivity index (χ1v) is 10.9. The van der Waals surface area contributed by atoms with Gasteiger partial charge >= 0.3 is 0 Å². The van der Waals surface area contributed by atoms with Crippen LogP contribution in [0.15, 0.2) is 90.2 Å². The molecule has 0 radical (unpaired) electrons. The number of nitrogens with one attached hydrogen (secondary N) is 1. The highest BCUT2D eigenvalue weighted by molar-refractivity contribution is 7.99. The lowest BCUT2D eigenvalue weighted by Crippen LogP contribution is -2.30. The fourth-order valence-electron chi connectivity index (χ4n) is 3.70. The van der Waals surface area contributed by atoms with Crippen molar-refractivity contribution in [1.82, 2.24) is 20.1 Å². The molecule has 30 heavy (non-hydrogen) atoms. The van der Waals surface area contributed by atoms with E-state index in [9.17, 15) is 4.79 Å². The van der Waals surface area contributed by atoms with E-state index in [-0.39, 0.29) is 11.9 Å². The van der Waals surface area contributed by atoms with Gasteiger partial charge in [-0.3, -0.25) is 9.78 Å². The molecule has 148 valence electrons. The molecule has 1 atom stereocenters. The Kier molecular flexibility index (Phi) is 5.07. The molecule has 1 amide bonds. The number of hydrogen-bond donors (Lipinski definition) is 1. The van der Waals surface area contributed by atoms with E-state index in [4.69, 9.17) is 5.10 Å². The molecular formula is C24H20N4OS. The average Bonchev–Trinajstić information content (AvgIpc) is 3.26. The molecule has 2 aromatic carbocycles. The Morgan fingerprint density at radius 1 is 1.03 bits per heavy atom. The summed E-state index contributed by atoms with van der Waals surface area (Å²) in [5.74, 6) is 0.864. The first-order valence-electron chi connectivity index (χ1n) is 9.88. The van der Waals surface area contributed by atoms with Crippen LogP contribution in [0.3, 0.4) is 0 Å². The van der Waals surface area contributed by atoms with Gasteiger partial charge < -0.3 is 5.32 Å². The van der Waals surface area contributed by atoms with Crippen molar-refractivity contribution in [3.05, 3.63) is 96.4 Å². The van der Waals surface area contributed by atoms with Crippen LogP contribution in [0.25, 0.3) is 16.9 Å². The summed E-state index contributed by atoms with van der Waals surface area (Å²) in [4.78, 5) is 18.8. The molecule has 5 rings (SSSR count). The molecule has 0 fully saturated rings. The van der Waals surface area contributed by atoms with Gasteiger partial charge in [-0.25, -0.2) is 4.68 Å². The number of pyridine rings is 1. The Balaban J connectivity index is 1.52. The SMILES string of the molecule is O=C(NC1CCSc2ccccc21)c1cn(-c2ccccc2)nc1-c1cccnc1. The largest absolute Gasteiger partial charge is 0.345 e. The first kappa shape index (κ1) is 18.6. The summed E-state index contributed by atoms with van der Waals surface area (Å²) in [5, 5.41) is 7.96. The van der Waals surface area contributed by atoms with Crippen LogP contribution in [0.1, 0.15) is 28.4 Å². The lowest BCUT2D eigenvalue weighted by atomic mass is 10.0. The summed E-state index contributed by atoms with van der Waals surface area (Å²) in [6.45, 7) is 0. The van der Waals surface area contributed by atoms with Crippen molar-refractivity contribution < 1.29 is 4.79 Å². The number of hydrogen-bond acceptors (Lipinski definition) is 4. The van der Waals surface area contributed by atoms with Crippen molar-refractivity contribution in [3.63, 3.8) is 0 Å². The van der Waals surface area contributed by atoms with E-state index < -0.39 is 0 Å². The fourth-order valence-corrected chi connectivity index (χ4v) is 4.82. The molecule has 0 bridgehead atoms. The average molecular weight is 413 g/mol. The lowest BCUT2D eigenvalue weighted by molar-refractivity contribution is 0.0935. The zero-order valence-corrected chi connectivity index (χ0v) is 17.0. The van der Waals surface area contributed by atoms with Gasteiger partial charge in [-0.2, -0.15) is 5.10 Å². The summed E-state index contributed by atoms with van der Waals surface area (Å²) in [7, 11) is 0. The highest BCUT2D eigenvalue weighted by atomic mass is 32.2. The number of carbonyl (C=O) groups is 1. The second kappa shape index (κ2) is 8.16. The van der Waals surface area contributed by atoms with Crippen molar-refractivity contribution in [2.24, 2.45) is 0 Å². The van der Waals surface area contributed by atoms with Crippen LogP contribution in [0.2, 0.25) is 0 Å². The third-order valence-electron chi connectivity index (χ3n) is 5.18. The van der Waals surface area contributed by atoms with Gasteiger partial charge in [-0.05, 0) is 42.3 Å².